The maximum Gasteiger partial charge on any atom is 0.253 e. The minimum absolute atomic E-state index is 0.0707. The van der Waals surface area contributed by atoms with Gasteiger partial charge in [0.05, 0.1) is 0 Å². The minimum Gasteiger partial charge on any atom is -0.383 e. The molecule has 0 fully saturated rings. The van der Waals surface area contributed by atoms with Crippen molar-refractivity contribution in [3.8, 4) is 6.19 Å². The number of nitriles is 1. The normalized spacial score (nSPS) is 11.9. The highest BCUT2D eigenvalue weighted by Gasteiger charge is 2.23. The van der Waals surface area contributed by atoms with Crippen LogP contribution in [-0.2, 0) is 0 Å². The highest BCUT2D eigenvalue weighted by molar-refractivity contribution is 5.81. The van der Waals surface area contributed by atoms with E-state index >= 15 is 0 Å². The van der Waals surface area contributed by atoms with Crippen LogP contribution >= 0.6 is 0 Å². The summed E-state index contributed by atoms with van der Waals surface area (Å²) >= 11 is 0. The highest BCUT2D eigenvalue weighted by atomic mass is 16.2. The Morgan fingerprint density at radius 2 is 1.50 bits per heavy atom. The molecule has 1 rings (SSSR count). The minimum atomic E-state index is -0.436. The van der Waals surface area contributed by atoms with E-state index in [1.54, 1.807) is 20.3 Å². The molecule has 134 valence electrons. The van der Waals surface area contributed by atoms with E-state index in [-0.39, 0.29) is 11.1 Å². The molecule has 0 aliphatic carbocycles. The van der Waals surface area contributed by atoms with E-state index in [0.29, 0.717) is 17.3 Å². The van der Waals surface area contributed by atoms with E-state index in [2.05, 4.69) is 26.3 Å². The van der Waals surface area contributed by atoms with E-state index in [9.17, 15) is 9.59 Å². The van der Waals surface area contributed by atoms with Crippen molar-refractivity contribution in [3.63, 3.8) is 0 Å². The zero-order chi connectivity index (χ0) is 19.1. The van der Waals surface area contributed by atoms with Crippen molar-refractivity contribution in [2.24, 2.45) is 4.99 Å². The molecule has 0 spiro atoms. The van der Waals surface area contributed by atoms with Crippen LogP contribution in [0.5, 0.6) is 0 Å². The lowest BCUT2D eigenvalue weighted by molar-refractivity contribution is 0.506. The zero-order valence-corrected chi connectivity index (χ0v) is 15.7. The van der Waals surface area contributed by atoms with Crippen LogP contribution in [0.2, 0.25) is 0 Å². The predicted octanol–water partition coefficient (Wildman–Crippen LogP) is 0.966. The van der Waals surface area contributed by atoms with E-state index in [1.165, 1.54) is 0 Å². The number of nitrogens with one attached hydrogen (secondary N) is 4. The summed E-state index contributed by atoms with van der Waals surface area (Å²) in [5, 5.41) is 19.4. The van der Waals surface area contributed by atoms with E-state index < -0.39 is 10.9 Å². The molecular weight excluding hydrogens is 308 g/mol. The van der Waals surface area contributed by atoms with Crippen LogP contribution in [0, 0.1) is 11.5 Å². The number of aliphatic imine (C=N–C) groups is 1. The van der Waals surface area contributed by atoms with Crippen molar-refractivity contribution in [2.75, 3.05) is 24.7 Å². The van der Waals surface area contributed by atoms with Crippen LogP contribution in [0.4, 0.5) is 11.4 Å². The molecule has 4 N–H and O–H groups in total. The fourth-order valence-corrected chi connectivity index (χ4v) is 1.68. The molecule has 0 aliphatic heterocycles. The van der Waals surface area contributed by atoms with Crippen LogP contribution in [0.15, 0.2) is 14.6 Å². The molecule has 8 heteroatoms. The maximum absolute atomic E-state index is 11.1. The molecule has 24 heavy (non-hydrogen) atoms. The first-order valence-electron chi connectivity index (χ1n) is 7.55. The highest BCUT2D eigenvalue weighted by Crippen LogP contribution is 2.18. The number of hydrogen-bond donors (Lipinski definition) is 4. The molecule has 0 unspecified atom stereocenters. The van der Waals surface area contributed by atoms with Crippen LogP contribution in [0.3, 0.4) is 0 Å². The molecule has 0 amide bonds. The van der Waals surface area contributed by atoms with E-state index in [1.807, 2.05) is 41.5 Å². The van der Waals surface area contributed by atoms with Crippen LogP contribution in [-0.4, -0.2) is 31.1 Å². The Kier molecular flexibility index (Phi) is 7.45. The average Bonchev–Trinajstić information content (AvgIpc) is 2.44. The topological polar surface area (TPSA) is 118 Å². The first kappa shape index (κ1) is 21.4. The summed E-state index contributed by atoms with van der Waals surface area (Å²) < 4.78 is 0. The summed E-state index contributed by atoms with van der Waals surface area (Å²) in [6.45, 7) is 11.8. The number of guanidine groups is 1. The van der Waals surface area contributed by atoms with Gasteiger partial charge in [0, 0.05) is 25.2 Å². The molecule has 0 heterocycles. The van der Waals surface area contributed by atoms with E-state index in [0.717, 1.165) is 0 Å². The lowest BCUT2D eigenvalue weighted by atomic mass is 10.1. The Labute approximate surface area is 143 Å². The molecule has 1 aromatic rings. The van der Waals surface area contributed by atoms with Gasteiger partial charge in [0.1, 0.15) is 11.4 Å². The van der Waals surface area contributed by atoms with Gasteiger partial charge in [-0.05, 0) is 41.5 Å². The lowest BCUT2D eigenvalue weighted by Gasteiger charge is -2.24. The second-order valence-corrected chi connectivity index (χ2v) is 7.22. The fourth-order valence-electron chi connectivity index (χ4n) is 1.68. The van der Waals surface area contributed by atoms with Crippen molar-refractivity contribution >= 4 is 17.3 Å². The van der Waals surface area contributed by atoms with Gasteiger partial charge in [-0.25, -0.2) is 0 Å². The number of rotatable bonds is 2. The Morgan fingerprint density at radius 3 is 1.83 bits per heavy atom. The fraction of sp³-hybridized carbons (Fsp3) is 0.625. The molecule has 8 nitrogen and oxygen atoms in total. The standard InChI is InChI=1S/C9H14N2O2.C7H14N4/c1-9(2,3)11-6-5(10-4)7(12)8(6)13;1-7(2,3)11-6(9-4)10-5-8/h10-11H,1-4H3;1-4H3,(H2,9,10,11). The van der Waals surface area contributed by atoms with Crippen molar-refractivity contribution < 1.29 is 0 Å². The summed E-state index contributed by atoms with van der Waals surface area (Å²) in [4.78, 5) is 25.9. The summed E-state index contributed by atoms with van der Waals surface area (Å²) in [7, 11) is 3.25. The van der Waals surface area contributed by atoms with Crippen molar-refractivity contribution in [2.45, 2.75) is 52.6 Å². The predicted molar refractivity (Wildman–Crippen MR) is 99.3 cm³/mol. The van der Waals surface area contributed by atoms with Crippen LogP contribution in [0.25, 0.3) is 0 Å². The summed E-state index contributed by atoms with van der Waals surface area (Å²) in [5.41, 5.74) is -0.347. The number of nitrogens with zero attached hydrogens (tertiary/aromatic N) is 2. The Bertz CT molecular complexity index is 679. The maximum atomic E-state index is 11.1. The Morgan fingerprint density at radius 1 is 1.00 bits per heavy atom. The first-order chi connectivity index (χ1) is 10.9. The third-order valence-electron chi connectivity index (χ3n) is 2.55. The largest absolute Gasteiger partial charge is 0.383 e. The zero-order valence-electron chi connectivity index (χ0n) is 15.7. The second kappa shape index (κ2) is 8.34. The molecule has 0 aromatic heterocycles. The number of hydrogen-bond acceptors (Lipinski definition) is 6. The Balaban J connectivity index is 0.000000449. The van der Waals surface area contributed by atoms with Gasteiger partial charge in [-0.2, -0.15) is 5.26 Å². The third-order valence-corrected chi connectivity index (χ3v) is 2.55. The van der Waals surface area contributed by atoms with Gasteiger partial charge in [-0.3, -0.25) is 19.9 Å². The summed E-state index contributed by atoms with van der Waals surface area (Å²) in [6.07, 6.45) is 1.80. The Hall–Kier alpha value is -2.56. The molecule has 1 aromatic carbocycles. The van der Waals surface area contributed by atoms with Gasteiger partial charge in [0.15, 0.2) is 6.19 Å². The van der Waals surface area contributed by atoms with Gasteiger partial charge >= 0.3 is 0 Å². The summed E-state index contributed by atoms with van der Waals surface area (Å²) in [6, 6.07) is 0. The van der Waals surface area contributed by atoms with Gasteiger partial charge in [-0.15, -0.1) is 0 Å². The number of anilines is 2. The van der Waals surface area contributed by atoms with Gasteiger partial charge in [0.25, 0.3) is 10.9 Å². The lowest BCUT2D eigenvalue weighted by Crippen LogP contribution is -2.46. The quantitative estimate of drug-likeness (QED) is 0.209. The van der Waals surface area contributed by atoms with Crippen LogP contribution in [0.1, 0.15) is 41.5 Å². The third kappa shape index (κ3) is 7.13. The van der Waals surface area contributed by atoms with Crippen molar-refractivity contribution in [1.82, 2.24) is 10.6 Å². The molecule has 0 radical (unpaired) electrons. The smallest absolute Gasteiger partial charge is 0.253 e. The first-order valence-corrected chi connectivity index (χ1v) is 7.55. The molecule has 0 saturated heterocycles. The van der Waals surface area contributed by atoms with Gasteiger partial charge in [0.2, 0.25) is 5.96 Å². The SMILES string of the molecule is CN=C(NC#N)NC(C)(C)C.CNc1c(NC(C)(C)C)c(=O)c1=O. The monoisotopic (exact) mass is 336 g/mol. The average molecular weight is 336 g/mol. The van der Waals surface area contributed by atoms with Gasteiger partial charge in [-0.1, -0.05) is 0 Å². The second-order valence-electron chi connectivity index (χ2n) is 7.22. The van der Waals surface area contributed by atoms with Crippen molar-refractivity contribution in [1.29, 1.82) is 5.26 Å². The molecular formula is C16H28N6O2. The molecule has 0 aliphatic rings. The molecule has 0 bridgehead atoms. The molecule has 0 saturated carbocycles. The van der Waals surface area contributed by atoms with Crippen LogP contribution < -0.4 is 32.1 Å². The van der Waals surface area contributed by atoms with Crippen molar-refractivity contribution in [3.05, 3.63) is 20.4 Å². The molecule has 0 atom stereocenters. The van der Waals surface area contributed by atoms with E-state index in [4.69, 9.17) is 5.26 Å². The summed E-state index contributed by atoms with van der Waals surface area (Å²) in [5.74, 6) is 0.500. The van der Waals surface area contributed by atoms with Gasteiger partial charge < -0.3 is 16.0 Å².